The van der Waals surface area contributed by atoms with Crippen molar-refractivity contribution in [3.8, 4) is 0 Å². The summed E-state index contributed by atoms with van der Waals surface area (Å²) in [5, 5.41) is 2.60. The van der Waals surface area contributed by atoms with Gasteiger partial charge in [-0.2, -0.15) is 0 Å². The van der Waals surface area contributed by atoms with E-state index in [-0.39, 0.29) is 24.7 Å². The summed E-state index contributed by atoms with van der Waals surface area (Å²) in [4.78, 5) is 37.9. The second kappa shape index (κ2) is 9.82. The molecule has 1 saturated heterocycles. The van der Waals surface area contributed by atoms with E-state index in [2.05, 4.69) is 5.32 Å². The minimum atomic E-state index is -0.553. The molecule has 1 fully saturated rings. The van der Waals surface area contributed by atoms with Crippen molar-refractivity contribution in [1.82, 2.24) is 10.2 Å². The molecule has 2 amide bonds. The number of hydrogen-bond acceptors (Lipinski definition) is 4. The maximum absolute atomic E-state index is 12.9. The fourth-order valence-electron chi connectivity index (χ4n) is 3.16. The highest BCUT2D eigenvalue weighted by Crippen LogP contribution is 2.19. The average molecular weight is 398 g/mol. The van der Waals surface area contributed by atoms with Crippen molar-refractivity contribution in [3.05, 3.63) is 71.5 Å². The quantitative estimate of drug-likeness (QED) is 0.691. The zero-order chi connectivity index (χ0) is 20.6. The highest BCUT2D eigenvalue weighted by Gasteiger charge is 2.35. The first-order valence-electron chi connectivity index (χ1n) is 9.51. The Bertz CT molecular complexity index is 855. The summed E-state index contributed by atoms with van der Waals surface area (Å²) in [5.74, 6) is -1.98. The molecule has 2 aromatic carbocycles. The minimum absolute atomic E-state index is 0.0800. The van der Waals surface area contributed by atoms with Gasteiger partial charge < -0.3 is 15.0 Å². The van der Waals surface area contributed by atoms with Gasteiger partial charge in [0.05, 0.1) is 5.92 Å². The third-order valence-electron chi connectivity index (χ3n) is 4.81. The van der Waals surface area contributed by atoms with Crippen LogP contribution in [0.15, 0.2) is 54.6 Å². The molecular weight excluding hydrogens is 375 g/mol. The number of ether oxygens (including phenoxy) is 1. The van der Waals surface area contributed by atoms with Gasteiger partial charge in [-0.1, -0.05) is 42.5 Å². The molecule has 6 nitrogen and oxygen atoms in total. The highest BCUT2D eigenvalue weighted by atomic mass is 19.1. The Morgan fingerprint density at radius 1 is 1.07 bits per heavy atom. The third-order valence-corrected chi connectivity index (χ3v) is 4.81. The molecule has 1 heterocycles. The number of amides is 2. The molecule has 0 spiro atoms. The van der Waals surface area contributed by atoms with Gasteiger partial charge in [0.1, 0.15) is 5.82 Å². The van der Waals surface area contributed by atoms with Gasteiger partial charge in [-0.05, 0) is 29.7 Å². The predicted molar refractivity (Wildman–Crippen MR) is 104 cm³/mol. The molecule has 0 aliphatic carbocycles. The predicted octanol–water partition coefficient (Wildman–Crippen LogP) is 2.08. The summed E-state index contributed by atoms with van der Waals surface area (Å²) in [6.07, 6.45) is 0.824. The fourth-order valence-corrected chi connectivity index (χ4v) is 3.16. The van der Waals surface area contributed by atoms with Crippen LogP contribution >= 0.6 is 0 Å². The number of carbonyl (C=O) groups excluding carboxylic acids is 3. The van der Waals surface area contributed by atoms with Crippen molar-refractivity contribution in [2.45, 2.75) is 19.4 Å². The summed E-state index contributed by atoms with van der Waals surface area (Å²) in [7, 11) is 0. The molecular formula is C22H23FN2O4. The largest absolute Gasteiger partial charge is 0.455 e. The molecule has 0 aromatic heterocycles. The van der Waals surface area contributed by atoms with E-state index in [0.29, 0.717) is 13.1 Å². The van der Waals surface area contributed by atoms with E-state index in [1.165, 1.54) is 12.1 Å². The first kappa shape index (κ1) is 20.5. The summed E-state index contributed by atoms with van der Waals surface area (Å²) < 4.78 is 17.9. The summed E-state index contributed by atoms with van der Waals surface area (Å²) >= 11 is 0. The van der Waals surface area contributed by atoms with Crippen molar-refractivity contribution in [2.75, 3.05) is 19.7 Å². The Kier molecular flexibility index (Phi) is 6.94. The van der Waals surface area contributed by atoms with Gasteiger partial charge >= 0.3 is 5.97 Å². The van der Waals surface area contributed by atoms with Gasteiger partial charge in [0.2, 0.25) is 5.91 Å². The van der Waals surface area contributed by atoms with Crippen LogP contribution in [0.1, 0.15) is 17.5 Å². The lowest BCUT2D eigenvalue weighted by atomic mass is 10.1. The smallest absolute Gasteiger partial charge is 0.311 e. The van der Waals surface area contributed by atoms with Crippen molar-refractivity contribution < 1.29 is 23.5 Å². The topological polar surface area (TPSA) is 75.7 Å². The lowest BCUT2D eigenvalue weighted by Crippen LogP contribution is -2.31. The Labute approximate surface area is 168 Å². The molecule has 1 atom stereocenters. The molecule has 0 unspecified atom stereocenters. The number of hydrogen-bond donors (Lipinski definition) is 1. The van der Waals surface area contributed by atoms with Crippen molar-refractivity contribution in [3.63, 3.8) is 0 Å². The lowest BCUT2D eigenvalue weighted by Gasteiger charge is -2.16. The number of esters is 1. The number of likely N-dealkylation sites (tertiary alicyclic amines) is 1. The minimum Gasteiger partial charge on any atom is -0.455 e. The summed E-state index contributed by atoms with van der Waals surface area (Å²) in [6.45, 7) is 0.660. The fraction of sp³-hybridized carbons (Fsp3) is 0.318. The number of rotatable bonds is 8. The highest BCUT2D eigenvalue weighted by molar-refractivity contribution is 5.88. The Hall–Kier alpha value is -3.22. The van der Waals surface area contributed by atoms with Crippen LogP contribution in [-0.2, 0) is 32.1 Å². The normalized spacial score (nSPS) is 16.0. The molecule has 2 aromatic rings. The van der Waals surface area contributed by atoms with E-state index in [4.69, 9.17) is 4.74 Å². The molecule has 1 aliphatic heterocycles. The molecule has 1 N–H and O–H groups in total. The van der Waals surface area contributed by atoms with E-state index in [9.17, 15) is 18.8 Å². The van der Waals surface area contributed by atoms with E-state index >= 15 is 0 Å². The third kappa shape index (κ3) is 6.14. The number of halogens is 1. The van der Waals surface area contributed by atoms with E-state index in [1.54, 1.807) is 17.0 Å². The second-order valence-electron chi connectivity index (χ2n) is 6.99. The molecule has 0 bridgehead atoms. The van der Waals surface area contributed by atoms with Crippen LogP contribution in [0.2, 0.25) is 0 Å². The first-order chi connectivity index (χ1) is 14.0. The molecule has 29 heavy (non-hydrogen) atoms. The van der Waals surface area contributed by atoms with Crippen LogP contribution in [0.4, 0.5) is 4.39 Å². The molecule has 152 valence electrons. The van der Waals surface area contributed by atoms with Crippen LogP contribution in [0, 0.1) is 11.7 Å². The van der Waals surface area contributed by atoms with E-state index in [1.807, 2.05) is 30.3 Å². The van der Waals surface area contributed by atoms with Crippen molar-refractivity contribution in [1.29, 1.82) is 0 Å². The zero-order valence-electron chi connectivity index (χ0n) is 16.0. The van der Waals surface area contributed by atoms with Crippen LogP contribution in [0.5, 0.6) is 0 Å². The van der Waals surface area contributed by atoms with Gasteiger partial charge in [0, 0.05) is 26.1 Å². The zero-order valence-corrected chi connectivity index (χ0v) is 16.0. The average Bonchev–Trinajstić information content (AvgIpc) is 3.11. The summed E-state index contributed by atoms with van der Waals surface area (Å²) in [5.41, 5.74) is 1.87. The van der Waals surface area contributed by atoms with Crippen LogP contribution < -0.4 is 5.32 Å². The number of benzene rings is 2. The Morgan fingerprint density at radius 3 is 2.52 bits per heavy atom. The van der Waals surface area contributed by atoms with Crippen LogP contribution in [0.25, 0.3) is 0 Å². The molecule has 0 radical (unpaired) electrons. The van der Waals surface area contributed by atoms with Crippen LogP contribution in [0.3, 0.4) is 0 Å². The second-order valence-corrected chi connectivity index (χ2v) is 6.99. The summed E-state index contributed by atoms with van der Waals surface area (Å²) in [6, 6.07) is 15.6. The van der Waals surface area contributed by atoms with Crippen molar-refractivity contribution in [2.24, 2.45) is 5.92 Å². The molecule has 1 aliphatic rings. The number of nitrogens with zero attached hydrogens (tertiary/aromatic N) is 1. The standard InChI is InChI=1S/C22H23FN2O4/c23-19-8-6-17(7-9-19)13-24-20(26)15-29-22(28)18-12-21(27)25(14-18)11-10-16-4-2-1-3-5-16/h1-9,18H,10-15H2,(H,24,26)/t18-/m1/s1. The van der Waals surface area contributed by atoms with Crippen molar-refractivity contribution >= 4 is 17.8 Å². The molecule has 7 heteroatoms. The number of nitrogens with one attached hydrogen (secondary N) is 1. The lowest BCUT2D eigenvalue weighted by molar-refractivity contribution is -0.152. The Morgan fingerprint density at radius 2 is 1.79 bits per heavy atom. The maximum atomic E-state index is 12.9. The van der Waals surface area contributed by atoms with Crippen LogP contribution in [-0.4, -0.2) is 42.4 Å². The van der Waals surface area contributed by atoms with Gasteiger partial charge in [0.15, 0.2) is 6.61 Å². The van der Waals surface area contributed by atoms with Gasteiger partial charge in [-0.15, -0.1) is 0 Å². The van der Waals surface area contributed by atoms with Gasteiger partial charge in [-0.25, -0.2) is 4.39 Å². The van der Waals surface area contributed by atoms with E-state index in [0.717, 1.165) is 17.5 Å². The van der Waals surface area contributed by atoms with E-state index < -0.39 is 24.4 Å². The van der Waals surface area contributed by atoms with Gasteiger partial charge in [0.25, 0.3) is 5.91 Å². The number of carbonyl (C=O) groups is 3. The van der Waals surface area contributed by atoms with Gasteiger partial charge in [-0.3, -0.25) is 14.4 Å². The molecule has 3 rings (SSSR count). The monoisotopic (exact) mass is 398 g/mol. The molecule has 0 saturated carbocycles. The SMILES string of the molecule is O=C(COC(=O)[C@@H]1CC(=O)N(CCc2ccccc2)C1)NCc1ccc(F)cc1. The maximum Gasteiger partial charge on any atom is 0.311 e. The first-order valence-corrected chi connectivity index (χ1v) is 9.51. The Balaban J connectivity index is 1.38.